The second kappa shape index (κ2) is 10.9. The van der Waals surface area contributed by atoms with Gasteiger partial charge in [0.25, 0.3) is 10.0 Å². The molecule has 0 radical (unpaired) electrons. The molecule has 0 aliphatic rings. The Kier molecular flexibility index (Phi) is 10.5. The number of nitrogens with zero attached hydrogens (tertiary/aromatic N) is 1. The van der Waals surface area contributed by atoms with Gasteiger partial charge < -0.3 is 5.11 Å². The van der Waals surface area contributed by atoms with Gasteiger partial charge in [-0.25, -0.2) is 8.42 Å². The monoisotopic (exact) mass is 627 g/mol. The van der Waals surface area contributed by atoms with E-state index in [1.165, 1.54) is 0 Å². The quantitative estimate of drug-likeness (QED) is 0.175. The Bertz CT molecular complexity index is 901. The summed E-state index contributed by atoms with van der Waals surface area (Å²) < 4.78 is 250. The number of alkyl halides is 17. The Morgan fingerprint density at radius 1 is 0.553 bits per heavy atom. The Morgan fingerprint density at radius 2 is 0.895 bits per heavy atom. The standard InChI is InChI=1S/C16H18F17NO3S/c1-2-34(7-5-3-4-6-8-35)38(36,37)16(32,33)14(27,28)12(23,24)10(19,20)9(17,18)11(21,22)13(25,26)15(29,30)31/h35H,2-8H2,1H3. The smallest absolute Gasteiger partial charge is 0.396 e. The Morgan fingerprint density at radius 3 is 1.24 bits per heavy atom. The second-order valence-corrected chi connectivity index (χ2v) is 9.57. The molecule has 0 aromatic carbocycles. The fourth-order valence-corrected chi connectivity index (χ4v) is 4.16. The molecule has 230 valence electrons. The number of sulfonamides is 1. The van der Waals surface area contributed by atoms with Crippen molar-refractivity contribution >= 4 is 10.0 Å². The SMILES string of the molecule is CCN(CCCCCCO)S(=O)(=O)C(F)(F)C(F)(F)C(F)(F)C(F)(F)C(F)(F)C(F)(F)C(F)(F)C(F)(F)F. The molecule has 0 aromatic rings. The predicted octanol–water partition coefficient (Wildman–Crippen LogP) is 6.16. The highest BCUT2D eigenvalue weighted by Gasteiger charge is 2.96. The van der Waals surface area contributed by atoms with Gasteiger partial charge in [-0.05, 0) is 12.8 Å². The van der Waals surface area contributed by atoms with Crippen LogP contribution in [0.15, 0.2) is 0 Å². The lowest BCUT2D eigenvalue weighted by atomic mass is 9.91. The number of hydrogen-bond acceptors (Lipinski definition) is 3. The third kappa shape index (κ3) is 5.36. The van der Waals surface area contributed by atoms with Crippen LogP contribution in [0.4, 0.5) is 74.6 Å². The molecule has 0 aliphatic carbocycles. The van der Waals surface area contributed by atoms with Gasteiger partial charge >= 0.3 is 47.0 Å². The summed E-state index contributed by atoms with van der Waals surface area (Å²) in [6.07, 6.45) is -8.34. The molecule has 22 heteroatoms. The number of hydrogen-bond donors (Lipinski definition) is 1. The van der Waals surface area contributed by atoms with Gasteiger partial charge in [-0.2, -0.15) is 78.9 Å². The zero-order valence-corrected chi connectivity index (χ0v) is 19.3. The van der Waals surface area contributed by atoms with Crippen LogP contribution in [0.5, 0.6) is 0 Å². The van der Waals surface area contributed by atoms with Gasteiger partial charge in [-0.1, -0.05) is 19.8 Å². The fourth-order valence-electron chi connectivity index (χ4n) is 2.68. The van der Waals surface area contributed by atoms with E-state index in [1.54, 1.807) is 0 Å². The number of aliphatic hydroxyl groups excluding tert-OH is 1. The summed E-state index contributed by atoms with van der Waals surface area (Å²) in [6.45, 7) is -2.24. The largest absolute Gasteiger partial charge is 0.460 e. The molecule has 0 fully saturated rings. The maximum atomic E-state index is 14.2. The van der Waals surface area contributed by atoms with E-state index in [1.807, 2.05) is 0 Å². The molecule has 0 aromatic heterocycles. The molecule has 0 heterocycles. The summed E-state index contributed by atoms with van der Waals surface area (Å²) in [7, 11) is -7.25. The van der Waals surface area contributed by atoms with Crippen LogP contribution in [0, 0.1) is 0 Å². The average molecular weight is 627 g/mol. The predicted molar refractivity (Wildman–Crippen MR) is 92.4 cm³/mol. The maximum Gasteiger partial charge on any atom is 0.460 e. The molecule has 4 nitrogen and oxygen atoms in total. The molecule has 0 unspecified atom stereocenters. The van der Waals surface area contributed by atoms with Gasteiger partial charge in [-0.15, -0.1) is 0 Å². The number of halogens is 17. The first-order valence-corrected chi connectivity index (χ1v) is 11.3. The van der Waals surface area contributed by atoms with Crippen molar-refractivity contribution < 1.29 is 88.2 Å². The van der Waals surface area contributed by atoms with Gasteiger partial charge in [-0.3, -0.25) is 0 Å². The summed E-state index contributed by atoms with van der Waals surface area (Å²) in [4.78, 5) is 0. The van der Waals surface area contributed by atoms with E-state index in [2.05, 4.69) is 0 Å². The highest BCUT2D eigenvalue weighted by Crippen LogP contribution is 2.64. The lowest BCUT2D eigenvalue weighted by Gasteiger charge is -2.43. The molecule has 0 rings (SSSR count). The molecule has 0 aliphatic heterocycles. The van der Waals surface area contributed by atoms with Crippen molar-refractivity contribution in [2.45, 2.75) is 79.6 Å². The molecule has 0 atom stereocenters. The molecular weight excluding hydrogens is 609 g/mol. The van der Waals surface area contributed by atoms with Crippen molar-refractivity contribution in [3.63, 3.8) is 0 Å². The Balaban J connectivity index is 6.69. The van der Waals surface area contributed by atoms with Gasteiger partial charge in [0.1, 0.15) is 0 Å². The minimum absolute atomic E-state index is 0.0701. The van der Waals surface area contributed by atoms with Gasteiger partial charge in [0.15, 0.2) is 0 Å². The van der Waals surface area contributed by atoms with Crippen LogP contribution in [-0.4, -0.2) is 84.5 Å². The van der Waals surface area contributed by atoms with Crippen LogP contribution < -0.4 is 0 Å². The van der Waals surface area contributed by atoms with Crippen molar-refractivity contribution in [2.75, 3.05) is 19.7 Å². The highest BCUT2D eigenvalue weighted by atomic mass is 32.2. The lowest BCUT2D eigenvalue weighted by Crippen LogP contribution is -2.75. The molecule has 0 spiro atoms. The summed E-state index contributed by atoms with van der Waals surface area (Å²) in [6, 6.07) is 0. The molecule has 0 bridgehead atoms. The van der Waals surface area contributed by atoms with E-state index in [0.717, 1.165) is 0 Å². The van der Waals surface area contributed by atoms with E-state index >= 15 is 0 Å². The first kappa shape index (κ1) is 36.7. The summed E-state index contributed by atoms with van der Waals surface area (Å²) in [5, 5.41) is 1.03. The summed E-state index contributed by atoms with van der Waals surface area (Å²) in [5.41, 5.74) is 0. The van der Waals surface area contributed by atoms with Crippen molar-refractivity contribution in [1.29, 1.82) is 0 Å². The van der Waals surface area contributed by atoms with Crippen LogP contribution in [0.1, 0.15) is 32.6 Å². The minimum Gasteiger partial charge on any atom is -0.396 e. The van der Waals surface area contributed by atoms with Gasteiger partial charge in [0.05, 0.1) is 0 Å². The fraction of sp³-hybridized carbons (Fsp3) is 1.00. The Hall–Kier alpha value is -1.32. The van der Waals surface area contributed by atoms with E-state index < -0.39 is 87.4 Å². The van der Waals surface area contributed by atoms with Crippen molar-refractivity contribution in [2.24, 2.45) is 0 Å². The number of aliphatic hydroxyl groups is 1. The van der Waals surface area contributed by atoms with Crippen molar-refractivity contribution in [3.05, 3.63) is 0 Å². The second-order valence-electron chi connectivity index (χ2n) is 7.60. The third-order valence-electron chi connectivity index (χ3n) is 5.03. The molecule has 38 heavy (non-hydrogen) atoms. The lowest BCUT2D eigenvalue weighted by molar-refractivity contribution is -0.458. The maximum absolute atomic E-state index is 14.2. The molecule has 1 N–H and O–H groups in total. The third-order valence-corrected chi connectivity index (χ3v) is 7.05. The summed E-state index contributed by atoms with van der Waals surface area (Å²) >= 11 is 0. The van der Waals surface area contributed by atoms with Crippen LogP contribution >= 0.6 is 0 Å². The Labute approximate surface area is 202 Å². The summed E-state index contributed by atoms with van der Waals surface area (Å²) in [5.74, 6) is -51.6. The van der Waals surface area contributed by atoms with E-state index in [-0.39, 0.29) is 19.3 Å². The van der Waals surface area contributed by atoms with Crippen LogP contribution in [0.25, 0.3) is 0 Å². The van der Waals surface area contributed by atoms with Crippen LogP contribution in [-0.2, 0) is 10.0 Å². The molecule has 0 saturated heterocycles. The van der Waals surface area contributed by atoms with Crippen molar-refractivity contribution in [1.82, 2.24) is 4.31 Å². The zero-order chi connectivity index (χ0) is 31.0. The van der Waals surface area contributed by atoms with Crippen LogP contribution in [0.3, 0.4) is 0 Å². The number of unbranched alkanes of at least 4 members (excludes halogenated alkanes) is 3. The van der Waals surface area contributed by atoms with Gasteiger partial charge in [0, 0.05) is 19.7 Å². The van der Waals surface area contributed by atoms with E-state index in [4.69, 9.17) is 5.11 Å². The van der Waals surface area contributed by atoms with Gasteiger partial charge in [0.2, 0.25) is 0 Å². The number of rotatable bonds is 15. The van der Waals surface area contributed by atoms with E-state index in [9.17, 15) is 83.1 Å². The first-order valence-electron chi connectivity index (χ1n) is 9.84. The minimum atomic E-state index is -8.85. The van der Waals surface area contributed by atoms with E-state index in [0.29, 0.717) is 6.92 Å². The first-order chi connectivity index (χ1) is 16.5. The highest BCUT2D eigenvalue weighted by molar-refractivity contribution is 7.90. The molecular formula is C16H18F17NO3S. The van der Waals surface area contributed by atoms with Crippen LogP contribution in [0.2, 0.25) is 0 Å². The zero-order valence-electron chi connectivity index (χ0n) is 18.5. The topological polar surface area (TPSA) is 57.6 Å². The average Bonchev–Trinajstić information content (AvgIpc) is 2.74. The molecule has 0 saturated carbocycles. The van der Waals surface area contributed by atoms with Crippen molar-refractivity contribution in [3.8, 4) is 0 Å². The normalized spacial score (nSPS) is 15.9. The molecule has 0 amide bonds.